The van der Waals surface area contributed by atoms with Gasteiger partial charge in [-0.1, -0.05) is 35.0 Å². The summed E-state index contributed by atoms with van der Waals surface area (Å²) in [5.41, 5.74) is 1.06. The molecule has 0 saturated carbocycles. The maximum atomic E-state index is 12.0. The molecule has 0 aliphatic carbocycles. The van der Waals surface area contributed by atoms with Crippen LogP contribution in [-0.4, -0.2) is 35.0 Å². The molecule has 0 unspecified atom stereocenters. The molecule has 1 rings (SSSR count). The highest BCUT2D eigenvalue weighted by Crippen LogP contribution is 2.13. The van der Waals surface area contributed by atoms with Crippen molar-refractivity contribution in [1.82, 2.24) is 4.90 Å². The number of carbonyl (C=O) groups excluding carboxylic acids is 1. The van der Waals surface area contributed by atoms with Gasteiger partial charge in [0.1, 0.15) is 6.54 Å². The van der Waals surface area contributed by atoms with Gasteiger partial charge >= 0.3 is 5.97 Å². The largest absolute Gasteiger partial charge is 0.480 e. The molecule has 1 amide bonds. The van der Waals surface area contributed by atoms with Crippen LogP contribution < -0.4 is 0 Å². The Kier molecular flexibility index (Phi) is 6.56. The van der Waals surface area contributed by atoms with E-state index in [-0.39, 0.29) is 12.5 Å². The van der Waals surface area contributed by atoms with Crippen LogP contribution in [0.25, 0.3) is 0 Å². The van der Waals surface area contributed by atoms with E-state index in [1.54, 1.807) is 0 Å². The van der Waals surface area contributed by atoms with Crippen molar-refractivity contribution >= 4 is 27.8 Å². The predicted octanol–water partition coefficient (Wildman–Crippen LogP) is 2.70. The van der Waals surface area contributed by atoms with Crippen molar-refractivity contribution in [3.63, 3.8) is 0 Å². The normalized spacial score (nSPS) is 10.2. The summed E-state index contributed by atoms with van der Waals surface area (Å²) in [7, 11) is 0. The quantitative estimate of drug-likeness (QED) is 0.837. The molecular formula is C14H18BrNO3. The number of rotatable bonds is 7. The lowest BCUT2D eigenvalue weighted by Gasteiger charge is -2.19. The van der Waals surface area contributed by atoms with E-state index in [9.17, 15) is 9.59 Å². The summed E-state index contributed by atoms with van der Waals surface area (Å²) in [6.45, 7) is 2.20. The fourth-order valence-electron chi connectivity index (χ4n) is 1.83. The number of carbonyl (C=O) groups is 2. The van der Waals surface area contributed by atoms with Gasteiger partial charge in [0.05, 0.1) is 0 Å². The van der Waals surface area contributed by atoms with Gasteiger partial charge in [0, 0.05) is 17.4 Å². The number of aliphatic carboxylic acids is 1. The van der Waals surface area contributed by atoms with Crippen molar-refractivity contribution in [1.29, 1.82) is 0 Å². The molecule has 0 radical (unpaired) electrons. The Morgan fingerprint density at radius 1 is 1.37 bits per heavy atom. The number of benzene rings is 1. The molecule has 1 aromatic carbocycles. The highest BCUT2D eigenvalue weighted by atomic mass is 79.9. The van der Waals surface area contributed by atoms with Crippen LogP contribution in [-0.2, 0) is 16.0 Å². The molecule has 0 aliphatic rings. The van der Waals surface area contributed by atoms with E-state index in [2.05, 4.69) is 15.9 Å². The number of aryl methyl sites for hydroxylation is 1. The molecule has 0 atom stereocenters. The molecule has 0 aliphatic heterocycles. The van der Waals surface area contributed by atoms with E-state index in [1.165, 1.54) is 4.90 Å². The number of carboxylic acids is 1. The van der Waals surface area contributed by atoms with E-state index < -0.39 is 5.97 Å². The Bertz CT molecular complexity index is 448. The number of amides is 1. The Hall–Kier alpha value is -1.36. The molecule has 104 valence electrons. The summed E-state index contributed by atoms with van der Waals surface area (Å²) in [6, 6.07) is 7.78. The van der Waals surface area contributed by atoms with Crippen LogP contribution in [0.3, 0.4) is 0 Å². The van der Waals surface area contributed by atoms with Gasteiger partial charge < -0.3 is 10.0 Å². The summed E-state index contributed by atoms with van der Waals surface area (Å²) >= 11 is 3.38. The topological polar surface area (TPSA) is 57.6 Å². The minimum absolute atomic E-state index is 0.107. The second-order valence-electron chi connectivity index (χ2n) is 4.34. The lowest BCUT2D eigenvalue weighted by molar-refractivity contribution is -0.144. The van der Waals surface area contributed by atoms with Crippen LogP contribution in [0.2, 0.25) is 0 Å². The summed E-state index contributed by atoms with van der Waals surface area (Å²) in [5.74, 6) is -1.08. The average molecular weight is 328 g/mol. The Morgan fingerprint density at radius 2 is 2.11 bits per heavy atom. The van der Waals surface area contributed by atoms with Crippen molar-refractivity contribution in [2.75, 3.05) is 13.1 Å². The first-order chi connectivity index (χ1) is 9.02. The Labute approximate surface area is 121 Å². The third-order valence-corrected chi connectivity index (χ3v) is 3.18. The molecule has 1 aromatic rings. The van der Waals surface area contributed by atoms with Gasteiger partial charge in [-0.3, -0.25) is 9.59 Å². The molecule has 5 heteroatoms. The van der Waals surface area contributed by atoms with Gasteiger partial charge in [-0.2, -0.15) is 0 Å². The standard InChI is InChI=1S/C14H18BrNO3/c1-2-8-16(10-14(18)19)13(17)7-6-11-4-3-5-12(15)9-11/h3-5,9H,2,6-8,10H2,1H3,(H,18,19). The molecule has 4 nitrogen and oxygen atoms in total. The summed E-state index contributed by atoms with van der Waals surface area (Å²) in [4.78, 5) is 24.1. The predicted molar refractivity (Wildman–Crippen MR) is 77.0 cm³/mol. The van der Waals surface area contributed by atoms with Gasteiger partial charge in [0.25, 0.3) is 0 Å². The van der Waals surface area contributed by atoms with E-state index in [1.807, 2.05) is 31.2 Å². The lowest BCUT2D eigenvalue weighted by Crippen LogP contribution is -2.36. The third-order valence-electron chi connectivity index (χ3n) is 2.69. The van der Waals surface area contributed by atoms with Crippen molar-refractivity contribution in [3.05, 3.63) is 34.3 Å². The van der Waals surface area contributed by atoms with Gasteiger partial charge in [0.2, 0.25) is 5.91 Å². The van der Waals surface area contributed by atoms with Gasteiger partial charge in [0.15, 0.2) is 0 Å². The molecule has 0 aromatic heterocycles. The second-order valence-corrected chi connectivity index (χ2v) is 5.25. The van der Waals surface area contributed by atoms with Gasteiger partial charge in [-0.05, 0) is 30.5 Å². The first-order valence-corrected chi connectivity index (χ1v) is 7.06. The monoisotopic (exact) mass is 327 g/mol. The smallest absolute Gasteiger partial charge is 0.323 e. The molecule has 1 N–H and O–H groups in total. The van der Waals surface area contributed by atoms with Crippen LogP contribution >= 0.6 is 15.9 Å². The first-order valence-electron chi connectivity index (χ1n) is 6.27. The van der Waals surface area contributed by atoms with Crippen molar-refractivity contribution in [3.8, 4) is 0 Å². The minimum Gasteiger partial charge on any atom is -0.480 e. The van der Waals surface area contributed by atoms with Crippen LogP contribution in [0.1, 0.15) is 25.3 Å². The third kappa shape index (κ3) is 5.87. The SMILES string of the molecule is CCCN(CC(=O)O)C(=O)CCc1cccc(Br)c1. The fourth-order valence-corrected chi connectivity index (χ4v) is 2.27. The van der Waals surface area contributed by atoms with Crippen molar-refractivity contribution in [2.24, 2.45) is 0 Å². The van der Waals surface area contributed by atoms with Crippen molar-refractivity contribution in [2.45, 2.75) is 26.2 Å². The van der Waals surface area contributed by atoms with E-state index in [0.29, 0.717) is 19.4 Å². The van der Waals surface area contributed by atoms with Crippen molar-refractivity contribution < 1.29 is 14.7 Å². The lowest BCUT2D eigenvalue weighted by atomic mass is 10.1. The van der Waals surface area contributed by atoms with Crippen LogP contribution in [0.5, 0.6) is 0 Å². The van der Waals surface area contributed by atoms with E-state index in [4.69, 9.17) is 5.11 Å². The fraction of sp³-hybridized carbons (Fsp3) is 0.429. The highest BCUT2D eigenvalue weighted by molar-refractivity contribution is 9.10. The molecule has 0 bridgehead atoms. The molecule has 19 heavy (non-hydrogen) atoms. The Balaban J connectivity index is 2.54. The Morgan fingerprint density at radius 3 is 2.68 bits per heavy atom. The maximum Gasteiger partial charge on any atom is 0.323 e. The molecule has 0 saturated heterocycles. The average Bonchev–Trinajstić information content (AvgIpc) is 2.35. The molecule has 0 heterocycles. The van der Waals surface area contributed by atoms with Gasteiger partial charge in [-0.15, -0.1) is 0 Å². The number of nitrogens with zero attached hydrogens (tertiary/aromatic N) is 1. The van der Waals surface area contributed by atoms with Crippen LogP contribution in [0, 0.1) is 0 Å². The number of halogens is 1. The van der Waals surface area contributed by atoms with Crippen LogP contribution in [0.4, 0.5) is 0 Å². The summed E-state index contributed by atoms with van der Waals surface area (Å²) in [5, 5.41) is 8.78. The van der Waals surface area contributed by atoms with E-state index >= 15 is 0 Å². The summed E-state index contributed by atoms with van der Waals surface area (Å²) in [6.07, 6.45) is 1.72. The number of hydrogen-bond donors (Lipinski definition) is 1. The highest BCUT2D eigenvalue weighted by Gasteiger charge is 2.15. The number of carboxylic acid groups (broad SMARTS) is 1. The minimum atomic E-state index is -0.968. The van der Waals surface area contributed by atoms with Gasteiger partial charge in [-0.25, -0.2) is 0 Å². The number of hydrogen-bond acceptors (Lipinski definition) is 2. The van der Waals surface area contributed by atoms with E-state index in [0.717, 1.165) is 16.5 Å². The maximum absolute atomic E-state index is 12.0. The first kappa shape index (κ1) is 15.7. The molecule has 0 spiro atoms. The zero-order valence-corrected chi connectivity index (χ0v) is 12.5. The molecular weight excluding hydrogens is 310 g/mol. The zero-order valence-electron chi connectivity index (χ0n) is 10.9. The second kappa shape index (κ2) is 7.94. The zero-order chi connectivity index (χ0) is 14.3. The van der Waals surface area contributed by atoms with Crippen LogP contribution in [0.15, 0.2) is 28.7 Å². The summed E-state index contributed by atoms with van der Waals surface area (Å²) < 4.78 is 0.980. The molecule has 0 fully saturated rings.